The number of anilines is 1. The maximum absolute atomic E-state index is 13.3. The van der Waals surface area contributed by atoms with E-state index in [2.05, 4.69) is 4.98 Å². The summed E-state index contributed by atoms with van der Waals surface area (Å²) in [6.07, 6.45) is 0. The number of hydrogen-bond acceptors (Lipinski definition) is 3. The molecule has 1 N–H and O–H groups in total. The number of carbonyl (C=O) groups is 1. The van der Waals surface area contributed by atoms with Crippen LogP contribution < -0.4 is 16.1 Å². The number of aromatic amines is 1. The van der Waals surface area contributed by atoms with Crippen molar-refractivity contribution in [1.82, 2.24) is 9.55 Å². The molecule has 0 aliphatic carbocycles. The lowest BCUT2D eigenvalue weighted by atomic mass is 10.1. The first kappa shape index (κ1) is 19.6. The van der Waals surface area contributed by atoms with Crippen LogP contribution in [0.5, 0.6) is 0 Å². The monoisotopic (exact) mass is 379 g/mol. The van der Waals surface area contributed by atoms with Crippen LogP contribution in [0.25, 0.3) is 10.9 Å². The van der Waals surface area contributed by atoms with E-state index in [9.17, 15) is 14.4 Å². The quantitative estimate of drug-likeness (QED) is 0.755. The normalized spacial score (nSPS) is 11.2. The van der Waals surface area contributed by atoms with Crippen molar-refractivity contribution in [2.75, 3.05) is 4.90 Å². The summed E-state index contributed by atoms with van der Waals surface area (Å²) in [6.45, 7) is 9.92. The summed E-state index contributed by atoms with van der Waals surface area (Å²) in [7, 11) is 0. The van der Waals surface area contributed by atoms with Crippen LogP contribution in [0.2, 0.25) is 0 Å². The van der Waals surface area contributed by atoms with E-state index in [-0.39, 0.29) is 17.5 Å². The topological polar surface area (TPSA) is 75.2 Å². The van der Waals surface area contributed by atoms with Crippen LogP contribution in [0.15, 0.2) is 46.0 Å². The van der Waals surface area contributed by atoms with E-state index in [0.717, 1.165) is 21.4 Å². The summed E-state index contributed by atoms with van der Waals surface area (Å²) in [6, 6.07) is 10.8. The number of rotatable bonds is 4. The number of aromatic nitrogens is 2. The van der Waals surface area contributed by atoms with Gasteiger partial charge in [-0.15, -0.1) is 0 Å². The second-order valence-corrected chi connectivity index (χ2v) is 7.30. The second-order valence-electron chi connectivity index (χ2n) is 7.30. The molecule has 0 atom stereocenters. The third-order valence-electron chi connectivity index (χ3n) is 4.90. The first-order valence-corrected chi connectivity index (χ1v) is 9.42. The van der Waals surface area contributed by atoms with Gasteiger partial charge in [0.1, 0.15) is 0 Å². The first-order chi connectivity index (χ1) is 13.2. The van der Waals surface area contributed by atoms with Gasteiger partial charge in [-0.2, -0.15) is 0 Å². The zero-order valence-electron chi connectivity index (χ0n) is 16.9. The molecule has 0 saturated heterocycles. The minimum atomic E-state index is -0.472. The second kappa shape index (κ2) is 7.46. The third kappa shape index (κ3) is 3.38. The highest BCUT2D eigenvalue weighted by Crippen LogP contribution is 2.26. The van der Waals surface area contributed by atoms with Crippen molar-refractivity contribution in [2.45, 2.75) is 47.2 Å². The molecule has 6 heteroatoms. The smallest absolute Gasteiger partial charge is 0.307 e. The number of nitrogens with one attached hydrogen (secondary N) is 1. The van der Waals surface area contributed by atoms with Gasteiger partial charge in [-0.3, -0.25) is 14.2 Å². The van der Waals surface area contributed by atoms with Gasteiger partial charge in [-0.05, 0) is 70.0 Å². The molecule has 1 heterocycles. The fraction of sp³-hybridized carbons (Fsp3) is 0.318. The van der Waals surface area contributed by atoms with Gasteiger partial charge in [0.15, 0.2) is 0 Å². The zero-order valence-corrected chi connectivity index (χ0v) is 16.9. The standard InChI is InChI=1S/C22H25N3O3/c1-6-24-21(27)17-10-9-16(12-18(17)23-22(24)28)20(26)25(13(2)3)19-11-14(4)7-8-15(19)5/h7-13H,6H2,1-5H3,(H,23,28). The van der Waals surface area contributed by atoms with Crippen molar-refractivity contribution < 1.29 is 4.79 Å². The lowest BCUT2D eigenvalue weighted by molar-refractivity contribution is 0.0980. The van der Waals surface area contributed by atoms with Gasteiger partial charge in [0, 0.05) is 23.8 Å². The van der Waals surface area contributed by atoms with E-state index in [1.807, 2.05) is 45.9 Å². The van der Waals surface area contributed by atoms with Gasteiger partial charge >= 0.3 is 5.69 Å². The Morgan fingerprint density at radius 2 is 1.82 bits per heavy atom. The fourth-order valence-corrected chi connectivity index (χ4v) is 3.41. The highest BCUT2D eigenvalue weighted by atomic mass is 16.2. The molecule has 0 unspecified atom stereocenters. The van der Waals surface area contributed by atoms with Gasteiger partial charge in [0.05, 0.1) is 10.9 Å². The number of H-pyrrole nitrogens is 1. The molecular formula is C22H25N3O3. The summed E-state index contributed by atoms with van der Waals surface area (Å²) in [4.78, 5) is 42.4. The van der Waals surface area contributed by atoms with Crippen molar-refractivity contribution in [3.8, 4) is 0 Å². The van der Waals surface area contributed by atoms with Crippen LogP contribution in [0, 0.1) is 13.8 Å². The van der Waals surface area contributed by atoms with E-state index in [4.69, 9.17) is 0 Å². The molecule has 6 nitrogen and oxygen atoms in total. The Kier molecular flexibility index (Phi) is 5.23. The molecule has 0 aliphatic rings. The van der Waals surface area contributed by atoms with Crippen molar-refractivity contribution >= 4 is 22.5 Å². The van der Waals surface area contributed by atoms with E-state index >= 15 is 0 Å². The minimum Gasteiger partial charge on any atom is -0.307 e. The van der Waals surface area contributed by atoms with Crippen LogP contribution in [0.3, 0.4) is 0 Å². The maximum atomic E-state index is 13.3. The highest BCUT2D eigenvalue weighted by molar-refractivity contribution is 6.08. The average molecular weight is 379 g/mol. The Balaban J connectivity index is 2.14. The molecule has 0 bridgehead atoms. The molecule has 2 aromatic carbocycles. The fourth-order valence-electron chi connectivity index (χ4n) is 3.41. The van der Waals surface area contributed by atoms with Gasteiger partial charge < -0.3 is 9.88 Å². The number of fused-ring (bicyclic) bond motifs is 1. The SMILES string of the molecule is CCn1c(=O)[nH]c2cc(C(=O)N(c3cc(C)ccc3C)C(C)C)ccc2c1=O. The molecule has 0 saturated carbocycles. The molecule has 1 amide bonds. The van der Waals surface area contributed by atoms with Crippen LogP contribution in [0.4, 0.5) is 5.69 Å². The summed E-state index contributed by atoms with van der Waals surface area (Å²) in [5, 5.41) is 0.390. The van der Waals surface area contributed by atoms with Crippen LogP contribution >= 0.6 is 0 Å². The maximum Gasteiger partial charge on any atom is 0.328 e. The Morgan fingerprint density at radius 3 is 2.46 bits per heavy atom. The number of carbonyl (C=O) groups excluding carboxylic acids is 1. The van der Waals surface area contributed by atoms with Crippen molar-refractivity contribution in [1.29, 1.82) is 0 Å². The van der Waals surface area contributed by atoms with Crippen molar-refractivity contribution in [3.05, 3.63) is 73.9 Å². The van der Waals surface area contributed by atoms with Gasteiger partial charge in [-0.1, -0.05) is 12.1 Å². The van der Waals surface area contributed by atoms with Crippen LogP contribution in [-0.4, -0.2) is 21.5 Å². The lowest BCUT2D eigenvalue weighted by Crippen LogP contribution is -2.38. The number of hydrogen-bond donors (Lipinski definition) is 1. The summed E-state index contributed by atoms with van der Waals surface area (Å²) in [5.41, 5.74) is 2.90. The minimum absolute atomic E-state index is 0.0594. The Bertz CT molecular complexity index is 1170. The molecule has 3 rings (SSSR count). The number of amides is 1. The molecule has 146 valence electrons. The first-order valence-electron chi connectivity index (χ1n) is 9.42. The lowest BCUT2D eigenvalue weighted by Gasteiger charge is -2.29. The Morgan fingerprint density at radius 1 is 1.11 bits per heavy atom. The van der Waals surface area contributed by atoms with E-state index in [1.165, 1.54) is 0 Å². The molecule has 28 heavy (non-hydrogen) atoms. The molecule has 1 aromatic heterocycles. The predicted molar refractivity (Wildman–Crippen MR) is 112 cm³/mol. The number of nitrogens with zero attached hydrogens (tertiary/aromatic N) is 2. The predicted octanol–water partition coefficient (Wildman–Crippen LogP) is 3.38. The molecule has 0 radical (unpaired) electrons. The van der Waals surface area contributed by atoms with E-state index < -0.39 is 5.69 Å². The summed E-state index contributed by atoms with van der Waals surface area (Å²) < 4.78 is 1.14. The van der Waals surface area contributed by atoms with Crippen molar-refractivity contribution in [3.63, 3.8) is 0 Å². The largest absolute Gasteiger partial charge is 0.328 e. The molecular weight excluding hydrogens is 354 g/mol. The van der Waals surface area contributed by atoms with Crippen LogP contribution in [0.1, 0.15) is 42.3 Å². The van der Waals surface area contributed by atoms with Gasteiger partial charge in [0.25, 0.3) is 11.5 Å². The van der Waals surface area contributed by atoms with E-state index in [0.29, 0.717) is 23.0 Å². The van der Waals surface area contributed by atoms with Gasteiger partial charge in [0.2, 0.25) is 0 Å². The number of benzene rings is 2. The Hall–Kier alpha value is -3.15. The molecule has 0 spiro atoms. The molecule has 0 fully saturated rings. The Labute approximate surface area is 163 Å². The summed E-state index contributed by atoms with van der Waals surface area (Å²) in [5.74, 6) is -0.175. The third-order valence-corrected chi connectivity index (χ3v) is 4.90. The zero-order chi connectivity index (χ0) is 20.6. The average Bonchev–Trinajstić information content (AvgIpc) is 2.64. The molecule has 0 aliphatic heterocycles. The highest BCUT2D eigenvalue weighted by Gasteiger charge is 2.23. The van der Waals surface area contributed by atoms with Crippen molar-refractivity contribution in [2.24, 2.45) is 0 Å². The molecule has 3 aromatic rings. The number of aryl methyl sites for hydroxylation is 2. The van der Waals surface area contributed by atoms with Crippen LogP contribution in [-0.2, 0) is 6.54 Å². The van der Waals surface area contributed by atoms with Gasteiger partial charge in [-0.25, -0.2) is 4.79 Å². The van der Waals surface area contributed by atoms with E-state index in [1.54, 1.807) is 30.0 Å². The summed E-state index contributed by atoms with van der Waals surface area (Å²) >= 11 is 0.